The first-order valence-electron chi connectivity index (χ1n) is 7.78. The van der Waals surface area contributed by atoms with E-state index >= 15 is 0 Å². The number of hydrogen-bond donors (Lipinski definition) is 2. The summed E-state index contributed by atoms with van der Waals surface area (Å²) >= 11 is 3.04. The number of amides is 1. The van der Waals surface area contributed by atoms with Crippen LogP contribution in [0.3, 0.4) is 0 Å². The highest BCUT2D eigenvalue weighted by Gasteiger charge is 2.24. The molecule has 5 nitrogen and oxygen atoms in total. The Hall–Kier alpha value is -0.820. The quantitative estimate of drug-likeness (QED) is 0.787. The SMILES string of the molecule is CC(Sc1nnc(NC2CC2)s1)C(=O)NC1CCCCC1. The minimum absolute atomic E-state index is 0.117. The lowest BCUT2D eigenvalue weighted by Gasteiger charge is -2.24. The van der Waals surface area contributed by atoms with Crippen LogP contribution in [0, 0.1) is 0 Å². The van der Waals surface area contributed by atoms with Crippen molar-refractivity contribution in [2.45, 2.75) is 73.5 Å². The molecule has 3 rings (SSSR count). The molecule has 0 aliphatic heterocycles. The Kier molecular flexibility index (Phi) is 5.00. The largest absolute Gasteiger partial charge is 0.357 e. The summed E-state index contributed by atoms with van der Waals surface area (Å²) in [4.78, 5) is 12.2. The van der Waals surface area contributed by atoms with Crippen molar-refractivity contribution in [2.75, 3.05) is 5.32 Å². The molecule has 116 valence electrons. The molecule has 0 radical (unpaired) electrons. The molecule has 2 saturated carbocycles. The van der Waals surface area contributed by atoms with Gasteiger partial charge < -0.3 is 10.6 Å². The fraction of sp³-hybridized carbons (Fsp3) is 0.786. The van der Waals surface area contributed by atoms with Crippen molar-refractivity contribution in [3.8, 4) is 0 Å². The van der Waals surface area contributed by atoms with Gasteiger partial charge in [-0.05, 0) is 32.6 Å². The van der Waals surface area contributed by atoms with Gasteiger partial charge in [0.05, 0.1) is 5.25 Å². The Labute approximate surface area is 133 Å². The smallest absolute Gasteiger partial charge is 0.233 e. The lowest BCUT2D eigenvalue weighted by atomic mass is 9.95. The van der Waals surface area contributed by atoms with Gasteiger partial charge in [-0.3, -0.25) is 4.79 Å². The summed E-state index contributed by atoms with van der Waals surface area (Å²) in [5, 5.41) is 15.5. The second-order valence-electron chi connectivity index (χ2n) is 5.90. The molecule has 2 aliphatic rings. The number of aromatic nitrogens is 2. The van der Waals surface area contributed by atoms with E-state index in [4.69, 9.17) is 0 Å². The molecule has 1 aromatic rings. The number of carbonyl (C=O) groups excluding carboxylic acids is 1. The predicted octanol–water partition coefficient (Wildman–Crippen LogP) is 3.04. The van der Waals surface area contributed by atoms with Gasteiger partial charge in [0.15, 0.2) is 4.34 Å². The van der Waals surface area contributed by atoms with E-state index in [-0.39, 0.29) is 11.2 Å². The molecule has 21 heavy (non-hydrogen) atoms. The van der Waals surface area contributed by atoms with Gasteiger partial charge in [-0.1, -0.05) is 42.4 Å². The van der Waals surface area contributed by atoms with Crippen LogP contribution in [0.25, 0.3) is 0 Å². The molecule has 0 aromatic carbocycles. The number of hydrogen-bond acceptors (Lipinski definition) is 6. The standard InChI is InChI=1S/C14H22N4OS2/c1-9(12(19)15-10-5-3-2-4-6-10)20-14-18-17-13(21-14)16-11-7-8-11/h9-11H,2-8H2,1H3,(H,15,19)(H,16,17). The molecule has 0 saturated heterocycles. The third-order valence-electron chi connectivity index (χ3n) is 3.91. The van der Waals surface area contributed by atoms with Gasteiger partial charge in [0.2, 0.25) is 11.0 Å². The average Bonchev–Trinajstić information content (AvgIpc) is 3.19. The van der Waals surface area contributed by atoms with Gasteiger partial charge in [-0.2, -0.15) is 0 Å². The molecular formula is C14H22N4OS2. The third-order valence-corrected chi connectivity index (χ3v) is 5.95. The maximum Gasteiger partial charge on any atom is 0.233 e. The minimum Gasteiger partial charge on any atom is -0.357 e. The monoisotopic (exact) mass is 326 g/mol. The number of nitrogens with one attached hydrogen (secondary N) is 2. The molecule has 2 N–H and O–H groups in total. The van der Waals surface area contributed by atoms with Crippen molar-refractivity contribution in [3.05, 3.63) is 0 Å². The van der Waals surface area contributed by atoms with Crippen molar-refractivity contribution < 1.29 is 4.79 Å². The molecule has 1 atom stereocenters. The van der Waals surface area contributed by atoms with Crippen LogP contribution in [0.15, 0.2) is 4.34 Å². The number of rotatable bonds is 6. The summed E-state index contributed by atoms with van der Waals surface area (Å²) in [5.74, 6) is 0.124. The highest BCUT2D eigenvalue weighted by Crippen LogP contribution is 2.32. The summed E-state index contributed by atoms with van der Waals surface area (Å²) in [7, 11) is 0. The van der Waals surface area contributed by atoms with E-state index in [0.29, 0.717) is 12.1 Å². The lowest BCUT2D eigenvalue weighted by molar-refractivity contribution is -0.121. The van der Waals surface area contributed by atoms with E-state index in [1.165, 1.54) is 43.9 Å². The van der Waals surface area contributed by atoms with E-state index in [0.717, 1.165) is 22.3 Å². The number of anilines is 1. The van der Waals surface area contributed by atoms with E-state index in [1.807, 2.05) is 6.92 Å². The first kappa shape index (κ1) is 15.1. The Bertz CT molecular complexity index is 483. The van der Waals surface area contributed by atoms with Gasteiger partial charge in [0, 0.05) is 12.1 Å². The third kappa shape index (κ3) is 4.57. The molecule has 0 bridgehead atoms. The fourth-order valence-electron chi connectivity index (χ4n) is 2.49. The van der Waals surface area contributed by atoms with Crippen molar-refractivity contribution in [1.29, 1.82) is 0 Å². The topological polar surface area (TPSA) is 66.9 Å². The number of nitrogens with zero attached hydrogens (tertiary/aromatic N) is 2. The van der Waals surface area contributed by atoms with Gasteiger partial charge >= 0.3 is 0 Å². The van der Waals surface area contributed by atoms with Crippen LogP contribution in [0.2, 0.25) is 0 Å². The Morgan fingerprint density at radius 3 is 2.67 bits per heavy atom. The van der Waals surface area contributed by atoms with E-state index in [1.54, 1.807) is 11.3 Å². The van der Waals surface area contributed by atoms with Crippen LogP contribution in [0.5, 0.6) is 0 Å². The first-order chi connectivity index (χ1) is 10.2. The second-order valence-corrected chi connectivity index (χ2v) is 8.46. The molecule has 1 amide bonds. The summed E-state index contributed by atoms with van der Waals surface area (Å²) in [5.41, 5.74) is 0. The van der Waals surface area contributed by atoms with Crippen molar-refractivity contribution in [3.63, 3.8) is 0 Å². The lowest BCUT2D eigenvalue weighted by Crippen LogP contribution is -2.40. The van der Waals surface area contributed by atoms with Crippen LogP contribution in [-0.2, 0) is 4.79 Å². The zero-order valence-corrected chi connectivity index (χ0v) is 13.9. The van der Waals surface area contributed by atoms with E-state index < -0.39 is 0 Å². The van der Waals surface area contributed by atoms with E-state index in [9.17, 15) is 4.79 Å². The molecule has 1 heterocycles. The molecule has 2 aliphatic carbocycles. The summed E-state index contributed by atoms with van der Waals surface area (Å²) < 4.78 is 0.865. The zero-order chi connectivity index (χ0) is 14.7. The maximum absolute atomic E-state index is 12.2. The normalized spacial score (nSPS) is 21.0. The maximum atomic E-state index is 12.2. The Balaban J connectivity index is 1.46. The minimum atomic E-state index is -0.117. The van der Waals surface area contributed by atoms with Crippen molar-refractivity contribution in [2.24, 2.45) is 0 Å². The highest BCUT2D eigenvalue weighted by atomic mass is 32.2. The predicted molar refractivity (Wildman–Crippen MR) is 86.9 cm³/mol. The number of thioether (sulfide) groups is 1. The van der Waals surface area contributed by atoms with Crippen LogP contribution < -0.4 is 10.6 Å². The van der Waals surface area contributed by atoms with Gasteiger partial charge in [0.25, 0.3) is 0 Å². The molecule has 2 fully saturated rings. The molecule has 1 unspecified atom stereocenters. The molecule has 1 aromatic heterocycles. The van der Waals surface area contributed by atoms with Crippen molar-refractivity contribution >= 4 is 34.1 Å². The van der Waals surface area contributed by atoms with Crippen LogP contribution in [0.1, 0.15) is 51.9 Å². The summed E-state index contributed by atoms with van der Waals surface area (Å²) in [6.45, 7) is 1.94. The van der Waals surface area contributed by atoms with Crippen molar-refractivity contribution in [1.82, 2.24) is 15.5 Å². The van der Waals surface area contributed by atoms with E-state index in [2.05, 4.69) is 20.8 Å². The second kappa shape index (κ2) is 6.96. The van der Waals surface area contributed by atoms with Gasteiger partial charge in [-0.25, -0.2) is 0 Å². The summed E-state index contributed by atoms with van der Waals surface area (Å²) in [6.07, 6.45) is 8.47. The fourth-order valence-corrected chi connectivity index (χ4v) is 4.47. The van der Waals surface area contributed by atoms with Crippen LogP contribution >= 0.6 is 23.1 Å². The summed E-state index contributed by atoms with van der Waals surface area (Å²) in [6, 6.07) is 0.957. The molecular weight excluding hydrogens is 304 g/mol. The first-order valence-corrected chi connectivity index (χ1v) is 9.47. The Morgan fingerprint density at radius 2 is 1.95 bits per heavy atom. The average molecular weight is 326 g/mol. The highest BCUT2D eigenvalue weighted by molar-refractivity contribution is 8.02. The molecule has 0 spiro atoms. The van der Waals surface area contributed by atoms with Crippen LogP contribution in [0.4, 0.5) is 5.13 Å². The van der Waals surface area contributed by atoms with Gasteiger partial charge in [-0.15, -0.1) is 10.2 Å². The molecule has 7 heteroatoms. The zero-order valence-electron chi connectivity index (χ0n) is 12.3. The number of carbonyl (C=O) groups is 1. The Morgan fingerprint density at radius 1 is 1.19 bits per heavy atom. The van der Waals surface area contributed by atoms with Gasteiger partial charge in [0.1, 0.15) is 0 Å². The van der Waals surface area contributed by atoms with Crippen LogP contribution in [-0.4, -0.2) is 33.4 Å².